The van der Waals surface area contributed by atoms with E-state index in [2.05, 4.69) is 34.7 Å². The Hall–Kier alpha value is -1.49. The van der Waals surface area contributed by atoms with Crippen molar-refractivity contribution in [1.82, 2.24) is 0 Å². The average molecular weight is 350 g/mol. The van der Waals surface area contributed by atoms with Crippen LogP contribution in [0, 0.1) is 3.57 Å². The second kappa shape index (κ2) is 4.65. The number of furan rings is 1. The van der Waals surface area contributed by atoms with Crippen molar-refractivity contribution in [1.29, 1.82) is 0 Å². The predicted octanol–water partition coefficient (Wildman–Crippen LogP) is 4.71. The van der Waals surface area contributed by atoms with Gasteiger partial charge in [-0.1, -0.05) is 30.3 Å². The molecule has 3 aromatic rings. The van der Waals surface area contributed by atoms with E-state index in [1.807, 2.05) is 36.4 Å². The van der Waals surface area contributed by atoms with Crippen LogP contribution < -0.4 is 4.74 Å². The lowest BCUT2D eigenvalue weighted by Gasteiger charge is -1.97. The van der Waals surface area contributed by atoms with E-state index in [1.165, 1.54) is 0 Å². The third-order valence-corrected chi connectivity index (χ3v) is 3.94. The molecule has 0 aliphatic rings. The zero-order chi connectivity index (χ0) is 12.5. The van der Waals surface area contributed by atoms with Gasteiger partial charge in [-0.2, -0.15) is 0 Å². The van der Waals surface area contributed by atoms with Gasteiger partial charge < -0.3 is 9.15 Å². The Morgan fingerprint density at radius 1 is 1.06 bits per heavy atom. The summed E-state index contributed by atoms with van der Waals surface area (Å²) in [6.45, 7) is 0. The number of halogens is 1. The maximum Gasteiger partial charge on any atom is 0.148 e. The lowest BCUT2D eigenvalue weighted by atomic mass is 10.1. The van der Waals surface area contributed by atoms with Gasteiger partial charge in [0.1, 0.15) is 17.1 Å². The van der Waals surface area contributed by atoms with E-state index in [4.69, 9.17) is 9.15 Å². The Bertz CT molecular complexity index is 686. The summed E-state index contributed by atoms with van der Waals surface area (Å²) in [5.74, 6) is 1.73. The van der Waals surface area contributed by atoms with Gasteiger partial charge >= 0.3 is 0 Å². The molecule has 0 spiro atoms. The van der Waals surface area contributed by atoms with Gasteiger partial charge in [-0.3, -0.25) is 0 Å². The van der Waals surface area contributed by atoms with Crippen molar-refractivity contribution in [3.8, 4) is 17.1 Å². The maximum absolute atomic E-state index is 5.94. The lowest BCUT2D eigenvalue weighted by Crippen LogP contribution is -1.80. The van der Waals surface area contributed by atoms with Gasteiger partial charge in [-0.15, -0.1) is 0 Å². The molecular weight excluding hydrogens is 339 g/mol. The van der Waals surface area contributed by atoms with E-state index >= 15 is 0 Å². The Kier molecular flexibility index (Phi) is 2.99. The van der Waals surface area contributed by atoms with Crippen LogP contribution in [0.4, 0.5) is 0 Å². The molecule has 0 saturated heterocycles. The third kappa shape index (κ3) is 1.88. The first-order valence-electron chi connectivity index (χ1n) is 5.61. The van der Waals surface area contributed by atoms with Crippen LogP contribution >= 0.6 is 22.6 Å². The molecule has 0 radical (unpaired) electrons. The number of benzene rings is 2. The molecule has 1 aromatic heterocycles. The van der Waals surface area contributed by atoms with Crippen molar-refractivity contribution in [2.24, 2.45) is 0 Å². The van der Waals surface area contributed by atoms with Gasteiger partial charge in [0.15, 0.2) is 0 Å². The molecule has 0 aliphatic carbocycles. The van der Waals surface area contributed by atoms with E-state index in [9.17, 15) is 0 Å². The summed E-state index contributed by atoms with van der Waals surface area (Å²) >= 11 is 2.33. The molecule has 0 atom stereocenters. The lowest BCUT2D eigenvalue weighted by molar-refractivity contribution is 0.414. The molecule has 0 saturated carbocycles. The van der Waals surface area contributed by atoms with Gasteiger partial charge in [-0.05, 0) is 34.7 Å². The van der Waals surface area contributed by atoms with Crippen LogP contribution in [-0.2, 0) is 0 Å². The molecule has 0 fully saturated rings. The number of rotatable bonds is 2. The van der Waals surface area contributed by atoms with E-state index < -0.39 is 0 Å². The molecule has 2 nitrogen and oxygen atoms in total. The number of ether oxygens (including phenoxy) is 1. The number of methoxy groups -OCH3 is 1. The first kappa shape index (κ1) is 11.6. The van der Waals surface area contributed by atoms with Crippen molar-refractivity contribution in [3.05, 3.63) is 52.1 Å². The van der Waals surface area contributed by atoms with Crippen LogP contribution in [0.5, 0.6) is 5.75 Å². The molecule has 2 aromatic carbocycles. The summed E-state index contributed by atoms with van der Waals surface area (Å²) in [5.41, 5.74) is 1.95. The first-order chi connectivity index (χ1) is 8.79. The number of hydrogen-bond donors (Lipinski definition) is 0. The van der Waals surface area contributed by atoms with Crippen LogP contribution in [0.15, 0.2) is 52.9 Å². The third-order valence-electron chi connectivity index (χ3n) is 2.87. The monoisotopic (exact) mass is 350 g/mol. The van der Waals surface area contributed by atoms with Gasteiger partial charge in [0.05, 0.1) is 10.7 Å². The topological polar surface area (TPSA) is 22.4 Å². The fraction of sp³-hybridized carbons (Fsp3) is 0.0667. The highest BCUT2D eigenvalue weighted by Crippen LogP contribution is 2.35. The second-order valence-corrected chi connectivity index (χ2v) is 5.05. The van der Waals surface area contributed by atoms with E-state index in [-0.39, 0.29) is 0 Å². The Morgan fingerprint density at radius 3 is 2.56 bits per heavy atom. The summed E-state index contributed by atoms with van der Waals surface area (Å²) < 4.78 is 12.3. The van der Waals surface area contributed by atoms with Crippen molar-refractivity contribution >= 4 is 33.6 Å². The summed E-state index contributed by atoms with van der Waals surface area (Å²) in [4.78, 5) is 0. The fourth-order valence-electron chi connectivity index (χ4n) is 1.95. The van der Waals surface area contributed by atoms with Gasteiger partial charge in [0.2, 0.25) is 0 Å². The standard InChI is InChI=1S/C15H11IO2/c1-17-11-7-8-12-13(9-11)18-15(14(12)16)10-5-3-2-4-6-10/h2-9H,1H3. The SMILES string of the molecule is COc1ccc2c(I)c(-c3ccccc3)oc2c1. The molecule has 0 unspecified atom stereocenters. The molecule has 0 amide bonds. The van der Waals surface area contributed by atoms with Crippen LogP contribution in [0.3, 0.4) is 0 Å². The molecule has 1 heterocycles. The average Bonchev–Trinajstić information content (AvgIpc) is 2.76. The van der Waals surface area contributed by atoms with Crippen molar-refractivity contribution in [2.75, 3.05) is 7.11 Å². The zero-order valence-electron chi connectivity index (χ0n) is 9.81. The second-order valence-electron chi connectivity index (χ2n) is 3.97. The van der Waals surface area contributed by atoms with E-state index in [1.54, 1.807) is 7.11 Å². The van der Waals surface area contributed by atoms with E-state index in [0.717, 1.165) is 31.6 Å². The van der Waals surface area contributed by atoms with Crippen molar-refractivity contribution in [3.63, 3.8) is 0 Å². The minimum Gasteiger partial charge on any atom is -0.497 e. The highest BCUT2D eigenvalue weighted by atomic mass is 127. The summed E-state index contributed by atoms with van der Waals surface area (Å²) in [6, 6.07) is 16.0. The summed E-state index contributed by atoms with van der Waals surface area (Å²) in [7, 11) is 1.66. The summed E-state index contributed by atoms with van der Waals surface area (Å²) in [6.07, 6.45) is 0. The fourth-order valence-corrected chi connectivity index (χ4v) is 2.81. The quantitative estimate of drug-likeness (QED) is 0.625. The predicted molar refractivity (Wildman–Crippen MR) is 80.9 cm³/mol. The Labute approximate surface area is 119 Å². The highest BCUT2D eigenvalue weighted by Gasteiger charge is 2.13. The van der Waals surface area contributed by atoms with E-state index in [0.29, 0.717) is 0 Å². The smallest absolute Gasteiger partial charge is 0.148 e. The molecule has 3 rings (SSSR count). The Balaban J connectivity index is 2.23. The maximum atomic E-state index is 5.94. The Morgan fingerprint density at radius 2 is 1.83 bits per heavy atom. The molecule has 90 valence electrons. The first-order valence-corrected chi connectivity index (χ1v) is 6.69. The molecule has 0 aliphatic heterocycles. The van der Waals surface area contributed by atoms with Crippen LogP contribution in [0.1, 0.15) is 0 Å². The minimum absolute atomic E-state index is 0.812. The van der Waals surface area contributed by atoms with Crippen molar-refractivity contribution in [2.45, 2.75) is 0 Å². The highest BCUT2D eigenvalue weighted by molar-refractivity contribution is 14.1. The van der Waals surface area contributed by atoms with Crippen molar-refractivity contribution < 1.29 is 9.15 Å². The number of fused-ring (bicyclic) bond motifs is 1. The normalized spacial score (nSPS) is 10.8. The molecule has 0 N–H and O–H groups in total. The van der Waals surface area contributed by atoms with Gasteiger partial charge in [0.25, 0.3) is 0 Å². The minimum atomic E-state index is 0.812. The zero-order valence-corrected chi connectivity index (χ0v) is 12.0. The van der Waals surface area contributed by atoms with Gasteiger partial charge in [0, 0.05) is 17.0 Å². The summed E-state index contributed by atoms with van der Waals surface area (Å²) in [5, 5.41) is 1.12. The molecule has 3 heteroatoms. The van der Waals surface area contributed by atoms with Gasteiger partial charge in [-0.25, -0.2) is 0 Å². The largest absolute Gasteiger partial charge is 0.497 e. The van der Waals surface area contributed by atoms with Crippen LogP contribution in [-0.4, -0.2) is 7.11 Å². The number of hydrogen-bond acceptors (Lipinski definition) is 2. The molecular formula is C15H11IO2. The van der Waals surface area contributed by atoms with Crippen LogP contribution in [0.25, 0.3) is 22.3 Å². The van der Waals surface area contributed by atoms with Crippen LogP contribution in [0.2, 0.25) is 0 Å². The molecule has 18 heavy (non-hydrogen) atoms. The molecule has 0 bridgehead atoms.